The van der Waals surface area contributed by atoms with Gasteiger partial charge in [-0.15, -0.1) is 0 Å². The van der Waals surface area contributed by atoms with Gasteiger partial charge in [0.25, 0.3) is 5.91 Å². The van der Waals surface area contributed by atoms with Crippen LogP contribution in [0.2, 0.25) is 0 Å². The predicted molar refractivity (Wildman–Crippen MR) is 58.5 cm³/mol. The minimum atomic E-state index is -1.26. The standard InChI is InChI=1S/C12H6F4N2O/c13-7-4-8(14)11(9(15)5-7)18-12(19)6-1-2-17-10(16)3-6/h1-5H,(H,18,19). The van der Waals surface area contributed by atoms with Crippen LogP contribution in [0.15, 0.2) is 30.5 Å². The second kappa shape index (κ2) is 5.05. The molecule has 1 N–H and O–H groups in total. The lowest BCUT2D eigenvalue weighted by atomic mass is 10.2. The molecule has 0 saturated carbocycles. The fraction of sp³-hybridized carbons (Fsp3) is 0. The van der Waals surface area contributed by atoms with E-state index in [4.69, 9.17) is 0 Å². The minimum absolute atomic E-state index is 0.171. The van der Waals surface area contributed by atoms with Crippen molar-refractivity contribution in [2.45, 2.75) is 0 Å². The Morgan fingerprint density at radius 2 is 1.68 bits per heavy atom. The average molecular weight is 270 g/mol. The third-order valence-corrected chi connectivity index (χ3v) is 2.23. The molecule has 0 unspecified atom stereocenters. The first-order chi connectivity index (χ1) is 8.97. The van der Waals surface area contributed by atoms with Crippen molar-refractivity contribution in [1.29, 1.82) is 0 Å². The molecule has 19 heavy (non-hydrogen) atoms. The van der Waals surface area contributed by atoms with Gasteiger partial charge in [0.2, 0.25) is 5.95 Å². The van der Waals surface area contributed by atoms with E-state index in [1.165, 1.54) is 0 Å². The third kappa shape index (κ3) is 2.87. The molecule has 0 aliphatic carbocycles. The number of pyridine rings is 1. The van der Waals surface area contributed by atoms with Crippen LogP contribution in [-0.4, -0.2) is 10.9 Å². The van der Waals surface area contributed by atoms with E-state index in [2.05, 4.69) is 4.98 Å². The number of nitrogens with zero attached hydrogens (tertiary/aromatic N) is 1. The van der Waals surface area contributed by atoms with Crippen LogP contribution < -0.4 is 5.32 Å². The van der Waals surface area contributed by atoms with Gasteiger partial charge < -0.3 is 5.32 Å². The Morgan fingerprint density at radius 1 is 1.05 bits per heavy atom. The Kier molecular flexibility index (Phi) is 3.46. The number of rotatable bonds is 2. The van der Waals surface area contributed by atoms with Crippen molar-refractivity contribution in [2.75, 3.05) is 5.32 Å². The number of anilines is 1. The van der Waals surface area contributed by atoms with E-state index in [9.17, 15) is 22.4 Å². The highest BCUT2D eigenvalue weighted by atomic mass is 19.1. The number of benzene rings is 1. The van der Waals surface area contributed by atoms with E-state index in [0.29, 0.717) is 12.1 Å². The molecule has 7 heteroatoms. The molecule has 0 saturated heterocycles. The SMILES string of the molecule is O=C(Nc1c(F)cc(F)cc1F)c1ccnc(F)c1. The summed E-state index contributed by atoms with van der Waals surface area (Å²) in [5, 5.41) is 1.90. The molecule has 1 aromatic carbocycles. The Bertz CT molecular complexity index is 622. The van der Waals surface area contributed by atoms with Gasteiger partial charge in [0.05, 0.1) is 0 Å². The van der Waals surface area contributed by atoms with Crippen LogP contribution in [0.4, 0.5) is 23.2 Å². The summed E-state index contributed by atoms with van der Waals surface area (Å²) >= 11 is 0. The molecule has 0 aliphatic heterocycles. The molecule has 1 heterocycles. The average Bonchev–Trinajstić information content (AvgIpc) is 2.33. The molecule has 1 amide bonds. The second-order valence-electron chi connectivity index (χ2n) is 3.57. The molecule has 2 rings (SSSR count). The number of amides is 1. The lowest BCUT2D eigenvalue weighted by Crippen LogP contribution is -2.15. The van der Waals surface area contributed by atoms with Crippen molar-refractivity contribution in [1.82, 2.24) is 4.98 Å². The molecule has 0 spiro atoms. The fourth-order valence-electron chi connectivity index (χ4n) is 1.39. The molecule has 3 nitrogen and oxygen atoms in total. The Morgan fingerprint density at radius 3 is 2.26 bits per heavy atom. The van der Waals surface area contributed by atoms with E-state index in [1.54, 1.807) is 0 Å². The molecular weight excluding hydrogens is 264 g/mol. The van der Waals surface area contributed by atoms with Gasteiger partial charge in [0.1, 0.15) is 11.5 Å². The molecule has 0 radical (unpaired) electrons. The first-order valence-electron chi connectivity index (χ1n) is 5.05. The number of carbonyl (C=O) groups is 1. The molecule has 0 bridgehead atoms. The largest absolute Gasteiger partial charge is 0.317 e. The van der Waals surface area contributed by atoms with Crippen molar-refractivity contribution >= 4 is 11.6 Å². The zero-order valence-corrected chi connectivity index (χ0v) is 9.25. The monoisotopic (exact) mass is 270 g/mol. The molecule has 0 atom stereocenters. The van der Waals surface area contributed by atoms with Crippen LogP contribution in [0.3, 0.4) is 0 Å². The van der Waals surface area contributed by atoms with Crippen LogP contribution in [0, 0.1) is 23.4 Å². The van der Waals surface area contributed by atoms with E-state index >= 15 is 0 Å². The highest BCUT2D eigenvalue weighted by Crippen LogP contribution is 2.20. The summed E-state index contributed by atoms with van der Waals surface area (Å²) in [6.45, 7) is 0. The summed E-state index contributed by atoms with van der Waals surface area (Å²) in [5.41, 5.74) is -0.973. The van der Waals surface area contributed by atoms with E-state index in [0.717, 1.165) is 18.3 Å². The van der Waals surface area contributed by atoms with Gasteiger partial charge in [-0.05, 0) is 6.07 Å². The zero-order valence-electron chi connectivity index (χ0n) is 9.25. The highest BCUT2D eigenvalue weighted by Gasteiger charge is 2.15. The fourth-order valence-corrected chi connectivity index (χ4v) is 1.39. The van der Waals surface area contributed by atoms with Crippen molar-refractivity contribution < 1.29 is 22.4 Å². The first kappa shape index (κ1) is 13.0. The summed E-state index contributed by atoms with van der Waals surface area (Å²) in [7, 11) is 0. The normalized spacial score (nSPS) is 10.3. The van der Waals surface area contributed by atoms with Gasteiger partial charge in [-0.2, -0.15) is 4.39 Å². The molecule has 0 fully saturated rings. The highest BCUT2D eigenvalue weighted by molar-refractivity contribution is 6.04. The molecule has 1 aromatic heterocycles. The van der Waals surface area contributed by atoms with Crippen LogP contribution >= 0.6 is 0 Å². The van der Waals surface area contributed by atoms with Gasteiger partial charge in [0, 0.05) is 30.0 Å². The summed E-state index contributed by atoms with van der Waals surface area (Å²) in [4.78, 5) is 14.9. The summed E-state index contributed by atoms with van der Waals surface area (Å²) < 4.78 is 52.0. The second-order valence-corrected chi connectivity index (χ2v) is 3.57. The van der Waals surface area contributed by atoms with Crippen LogP contribution in [-0.2, 0) is 0 Å². The maximum absolute atomic E-state index is 13.3. The number of aromatic nitrogens is 1. The Balaban J connectivity index is 2.29. The number of hydrogen-bond acceptors (Lipinski definition) is 2. The van der Waals surface area contributed by atoms with Crippen LogP contribution in [0.5, 0.6) is 0 Å². The van der Waals surface area contributed by atoms with Crippen molar-refractivity contribution in [3.8, 4) is 0 Å². The van der Waals surface area contributed by atoms with Crippen LogP contribution in [0.25, 0.3) is 0 Å². The summed E-state index contributed by atoms with van der Waals surface area (Å²) in [6, 6.07) is 2.81. The predicted octanol–water partition coefficient (Wildman–Crippen LogP) is 2.89. The minimum Gasteiger partial charge on any atom is -0.317 e. The lowest BCUT2D eigenvalue weighted by molar-refractivity contribution is 0.102. The molecule has 2 aromatic rings. The topological polar surface area (TPSA) is 42.0 Å². The third-order valence-electron chi connectivity index (χ3n) is 2.23. The summed E-state index contributed by atoms with van der Waals surface area (Å²) in [6.07, 6.45) is 1.03. The lowest BCUT2D eigenvalue weighted by Gasteiger charge is -2.07. The number of carbonyl (C=O) groups excluding carboxylic acids is 1. The first-order valence-corrected chi connectivity index (χ1v) is 5.05. The van der Waals surface area contributed by atoms with E-state index in [-0.39, 0.29) is 5.56 Å². The number of hydrogen-bond donors (Lipinski definition) is 1. The molecule has 0 aliphatic rings. The number of halogens is 4. The van der Waals surface area contributed by atoms with Crippen LogP contribution in [0.1, 0.15) is 10.4 Å². The van der Waals surface area contributed by atoms with Crippen molar-refractivity contribution in [2.24, 2.45) is 0 Å². The Labute approximate surface area is 104 Å². The van der Waals surface area contributed by atoms with Gasteiger partial charge in [-0.1, -0.05) is 0 Å². The maximum Gasteiger partial charge on any atom is 0.256 e. The van der Waals surface area contributed by atoms with Gasteiger partial charge in [0.15, 0.2) is 11.6 Å². The van der Waals surface area contributed by atoms with Gasteiger partial charge in [-0.3, -0.25) is 4.79 Å². The zero-order chi connectivity index (χ0) is 14.0. The summed E-state index contributed by atoms with van der Waals surface area (Å²) in [5.74, 6) is -5.48. The van der Waals surface area contributed by atoms with Gasteiger partial charge >= 0.3 is 0 Å². The van der Waals surface area contributed by atoms with Crippen molar-refractivity contribution in [3.05, 3.63) is 59.4 Å². The number of nitrogens with one attached hydrogen (secondary N) is 1. The van der Waals surface area contributed by atoms with Gasteiger partial charge in [-0.25, -0.2) is 18.2 Å². The van der Waals surface area contributed by atoms with Crippen molar-refractivity contribution in [3.63, 3.8) is 0 Å². The van der Waals surface area contributed by atoms with E-state index < -0.39 is 35.0 Å². The molecular formula is C12H6F4N2O. The Hall–Kier alpha value is -2.44. The quantitative estimate of drug-likeness (QED) is 0.673. The van der Waals surface area contributed by atoms with E-state index in [1.807, 2.05) is 5.32 Å². The molecule has 98 valence electrons. The maximum atomic E-state index is 13.3. The smallest absolute Gasteiger partial charge is 0.256 e.